The largest absolute Gasteiger partial charge is 0.395 e. The highest BCUT2D eigenvalue weighted by molar-refractivity contribution is 5.14. The maximum absolute atomic E-state index is 9.45. The van der Waals surface area contributed by atoms with Gasteiger partial charge in [0.1, 0.15) is 0 Å². The minimum Gasteiger partial charge on any atom is -0.395 e. The third-order valence-electron chi connectivity index (χ3n) is 3.44. The van der Waals surface area contributed by atoms with Crippen LogP contribution in [0.15, 0.2) is 30.3 Å². The first-order chi connectivity index (χ1) is 8.40. The average Bonchev–Trinajstić information content (AvgIpc) is 2.42. The van der Waals surface area contributed by atoms with E-state index in [2.05, 4.69) is 17.4 Å². The molecule has 0 amide bonds. The lowest BCUT2D eigenvalue weighted by molar-refractivity contribution is 0.0435. The van der Waals surface area contributed by atoms with Gasteiger partial charge in [-0.3, -0.25) is 0 Å². The van der Waals surface area contributed by atoms with Gasteiger partial charge in [0.05, 0.1) is 6.61 Å². The zero-order valence-electron chi connectivity index (χ0n) is 10.1. The number of aliphatic hydroxyl groups is 1. The molecule has 1 aliphatic heterocycles. The summed E-state index contributed by atoms with van der Waals surface area (Å²) in [6.45, 7) is 2.68. The number of hydrogen-bond acceptors (Lipinski definition) is 3. The van der Waals surface area contributed by atoms with E-state index < -0.39 is 0 Å². The minimum atomic E-state index is 0.194. The molecule has 0 bridgehead atoms. The molecular weight excluding hydrogens is 214 g/mol. The molecule has 3 nitrogen and oxygen atoms in total. The Kier molecular flexibility index (Phi) is 4.98. The highest BCUT2D eigenvalue weighted by Crippen LogP contribution is 2.18. The van der Waals surface area contributed by atoms with E-state index in [-0.39, 0.29) is 12.6 Å². The molecule has 2 rings (SSSR count). The molecule has 1 aliphatic rings. The molecule has 0 radical (unpaired) electrons. The molecule has 1 saturated heterocycles. The summed E-state index contributed by atoms with van der Waals surface area (Å²) in [7, 11) is 0. The Morgan fingerprint density at radius 1 is 1.24 bits per heavy atom. The highest BCUT2D eigenvalue weighted by atomic mass is 16.5. The van der Waals surface area contributed by atoms with Gasteiger partial charge in [0.15, 0.2) is 0 Å². The van der Waals surface area contributed by atoms with E-state index in [1.165, 1.54) is 5.56 Å². The number of nitrogens with one attached hydrogen (secondary N) is 1. The normalized spacial score (nSPS) is 19.1. The van der Waals surface area contributed by atoms with Crippen molar-refractivity contribution in [1.29, 1.82) is 0 Å². The Morgan fingerprint density at radius 3 is 2.59 bits per heavy atom. The molecule has 0 saturated carbocycles. The molecule has 0 aliphatic carbocycles. The van der Waals surface area contributed by atoms with Crippen LogP contribution in [0, 0.1) is 5.92 Å². The maximum atomic E-state index is 9.45. The molecule has 1 atom stereocenters. The Hall–Kier alpha value is -0.900. The zero-order chi connectivity index (χ0) is 11.9. The monoisotopic (exact) mass is 235 g/mol. The first-order valence-corrected chi connectivity index (χ1v) is 6.36. The summed E-state index contributed by atoms with van der Waals surface area (Å²) < 4.78 is 5.35. The van der Waals surface area contributed by atoms with E-state index >= 15 is 0 Å². The van der Waals surface area contributed by atoms with Crippen LogP contribution in [0.2, 0.25) is 0 Å². The third kappa shape index (κ3) is 3.80. The second kappa shape index (κ2) is 6.74. The average molecular weight is 235 g/mol. The van der Waals surface area contributed by atoms with Crippen molar-refractivity contribution in [3.63, 3.8) is 0 Å². The summed E-state index contributed by atoms with van der Waals surface area (Å²) in [6, 6.07) is 10.5. The quantitative estimate of drug-likeness (QED) is 0.814. The molecular formula is C14H21NO2. The second-order valence-electron chi connectivity index (χ2n) is 4.61. The Bertz CT molecular complexity index is 309. The topological polar surface area (TPSA) is 41.5 Å². The van der Waals surface area contributed by atoms with E-state index in [4.69, 9.17) is 4.74 Å². The lowest BCUT2D eigenvalue weighted by atomic mass is 9.92. The number of benzene rings is 1. The third-order valence-corrected chi connectivity index (χ3v) is 3.44. The summed E-state index contributed by atoms with van der Waals surface area (Å²) in [4.78, 5) is 0. The summed E-state index contributed by atoms with van der Waals surface area (Å²) in [5, 5.41) is 12.9. The fourth-order valence-electron chi connectivity index (χ4n) is 2.34. The first-order valence-electron chi connectivity index (χ1n) is 6.36. The van der Waals surface area contributed by atoms with Gasteiger partial charge >= 0.3 is 0 Å². The van der Waals surface area contributed by atoms with E-state index in [0.717, 1.165) is 32.6 Å². The Labute approximate surface area is 103 Å². The van der Waals surface area contributed by atoms with Crippen LogP contribution < -0.4 is 5.32 Å². The summed E-state index contributed by atoms with van der Waals surface area (Å²) in [6.07, 6.45) is 2.10. The smallest absolute Gasteiger partial charge is 0.0587 e. The first kappa shape index (κ1) is 12.6. The molecule has 94 valence electrons. The van der Waals surface area contributed by atoms with Crippen molar-refractivity contribution in [2.24, 2.45) is 5.92 Å². The van der Waals surface area contributed by atoms with Crippen LogP contribution in [0.1, 0.15) is 18.4 Å². The minimum absolute atomic E-state index is 0.194. The number of ether oxygens (including phenoxy) is 1. The van der Waals surface area contributed by atoms with Crippen molar-refractivity contribution < 1.29 is 9.84 Å². The fourth-order valence-corrected chi connectivity index (χ4v) is 2.34. The van der Waals surface area contributed by atoms with E-state index in [1.54, 1.807) is 0 Å². The zero-order valence-corrected chi connectivity index (χ0v) is 10.1. The Balaban J connectivity index is 1.82. The van der Waals surface area contributed by atoms with Gasteiger partial charge in [-0.1, -0.05) is 30.3 Å². The molecule has 1 heterocycles. The van der Waals surface area contributed by atoms with Gasteiger partial charge in [-0.05, 0) is 24.3 Å². The molecule has 17 heavy (non-hydrogen) atoms. The van der Waals surface area contributed by atoms with Crippen LogP contribution in [0.5, 0.6) is 0 Å². The van der Waals surface area contributed by atoms with Crippen molar-refractivity contribution in [3.05, 3.63) is 35.9 Å². The van der Waals surface area contributed by atoms with Crippen molar-refractivity contribution in [2.75, 3.05) is 19.8 Å². The van der Waals surface area contributed by atoms with E-state index in [1.807, 2.05) is 18.2 Å². The van der Waals surface area contributed by atoms with Crippen LogP contribution in [-0.4, -0.2) is 31.0 Å². The molecule has 0 spiro atoms. The molecule has 3 heteroatoms. The van der Waals surface area contributed by atoms with Crippen LogP contribution in [0.4, 0.5) is 0 Å². The molecule has 1 aromatic carbocycles. The van der Waals surface area contributed by atoms with Crippen molar-refractivity contribution >= 4 is 0 Å². The van der Waals surface area contributed by atoms with Crippen molar-refractivity contribution in [3.8, 4) is 0 Å². The summed E-state index contributed by atoms with van der Waals surface area (Å²) >= 11 is 0. The standard InChI is InChI=1S/C14H21NO2/c16-11-14(13-6-8-17-9-7-13)15-10-12-4-2-1-3-5-12/h1-5,13-16H,6-11H2. The van der Waals surface area contributed by atoms with Crippen LogP contribution >= 0.6 is 0 Å². The van der Waals surface area contributed by atoms with Gasteiger partial charge in [0.2, 0.25) is 0 Å². The van der Waals surface area contributed by atoms with E-state index in [9.17, 15) is 5.11 Å². The van der Waals surface area contributed by atoms with Gasteiger partial charge in [0, 0.05) is 25.8 Å². The van der Waals surface area contributed by atoms with Crippen molar-refractivity contribution in [2.45, 2.75) is 25.4 Å². The number of rotatable bonds is 5. The van der Waals surface area contributed by atoms with Gasteiger partial charge in [-0.15, -0.1) is 0 Å². The van der Waals surface area contributed by atoms with Gasteiger partial charge < -0.3 is 15.2 Å². The lowest BCUT2D eigenvalue weighted by Crippen LogP contribution is -2.41. The van der Waals surface area contributed by atoms with Gasteiger partial charge in [0.25, 0.3) is 0 Å². The fraction of sp³-hybridized carbons (Fsp3) is 0.571. The predicted octanol–water partition coefficient (Wildman–Crippen LogP) is 1.56. The van der Waals surface area contributed by atoms with Gasteiger partial charge in [-0.25, -0.2) is 0 Å². The Morgan fingerprint density at radius 2 is 1.94 bits per heavy atom. The van der Waals surface area contributed by atoms with Crippen molar-refractivity contribution in [1.82, 2.24) is 5.32 Å². The highest BCUT2D eigenvalue weighted by Gasteiger charge is 2.22. The van der Waals surface area contributed by atoms with E-state index in [0.29, 0.717) is 5.92 Å². The summed E-state index contributed by atoms with van der Waals surface area (Å²) in [5.41, 5.74) is 1.26. The van der Waals surface area contributed by atoms with Crippen LogP contribution in [-0.2, 0) is 11.3 Å². The number of aliphatic hydroxyl groups excluding tert-OH is 1. The summed E-state index contributed by atoms with van der Waals surface area (Å²) in [5.74, 6) is 0.539. The molecule has 1 unspecified atom stereocenters. The molecule has 0 aromatic heterocycles. The van der Waals surface area contributed by atoms with Crippen LogP contribution in [0.3, 0.4) is 0 Å². The molecule has 2 N–H and O–H groups in total. The maximum Gasteiger partial charge on any atom is 0.0587 e. The predicted molar refractivity (Wildman–Crippen MR) is 67.7 cm³/mol. The van der Waals surface area contributed by atoms with Crippen LogP contribution in [0.25, 0.3) is 0 Å². The van der Waals surface area contributed by atoms with Gasteiger partial charge in [-0.2, -0.15) is 0 Å². The molecule has 1 aromatic rings. The molecule has 1 fully saturated rings. The lowest BCUT2D eigenvalue weighted by Gasteiger charge is -2.29. The SMILES string of the molecule is OCC(NCc1ccccc1)C1CCOCC1. The second-order valence-corrected chi connectivity index (χ2v) is 4.61. The number of hydrogen-bond donors (Lipinski definition) is 2.